The van der Waals surface area contributed by atoms with Gasteiger partial charge in [0.25, 0.3) is 0 Å². The predicted octanol–water partition coefficient (Wildman–Crippen LogP) is 2.83. The molecule has 0 aliphatic heterocycles. The highest BCUT2D eigenvalue weighted by molar-refractivity contribution is 5.84. The van der Waals surface area contributed by atoms with Crippen LogP contribution < -0.4 is 11.5 Å². The average molecular weight is 326 g/mol. The van der Waals surface area contributed by atoms with E-state index < -0.39 is 0 Å². The highest BCUT2D eigenvalue weighted by atomic mass is 19.1. The summed E-state index contributed by atoms with van der Waals surface area (Å²) >= 11 is 0. The molecule has 0 unspecified atom stereocenters. The van der Waals surface area contributed by atoms with Gasteiger partial charge in [-0.3, -0.25) is 4.68 Å². The zero-order valence-corrected chi connectivity index (χ0v) is 13.8. The van der Waals surface area contributed by atoms with Gasteiger partial charge in [0.05, 0.1) is 16.9 Å². The molecular weight excluding hydrogens is 307 g/mol. The van der Waals surface area contributed by atoms with Crippen molar-refractivity contribution in [2.75, 3.05) is 11.5 Å². The molecule has 3 heterocycles. The minimum Gasteiger partial charge on any atom is -0.399 e. The van der Waals surface area contributed by atoms with E-state index in [1.54, 1.807) is 21.5 Å². The van der Waals surface area contributed by atoms with E-state index in [1.807, 2.05) is 39.2 Å². The molecule has 1 aromatic carbocycles. The number of hydrogen-bond donors (Lipinski definition) is 2. The fraction of sp³-hybridized carbons (Fsp3) is 0.176. The van der Waals surface area contributed by atoms with Gasteiger partial charge in [-0.2, -0.15) is 5.10 Å². The van der Waals surface area contributed by atoms with Crippen molar-refractivity contribution in [1.82, 2.24) is 19.2 Å². The maximum absolute atomic E-state index is 13.1. The van der Waals surface area contributed by atoms with Crippen LogP contribution >= 0.6 is 0 Å². The number of nitrogen functional groups attached to an aromatic ring is 2. The van der Waals surface area contributed by atoms with E-state index in [0.717, 1.165) is 27.8 Å². The van der Waals surface area contributed by atoms with Crippen LogP contribution in [0.2, 0.25) is 0 Å². The molecule has 7 heteroatoms. The Morgan fingerprint density at radius 2 is 1.75 bits per heavy atom. The number of halogens is 1. The average Bonchev–Trinajstić information content (AvgIpc) is 3.01. The van der Waals surface area contributed by atoms with Gasteiger partial charge >= 0.3 is 0 Å². The lowest BCUT2D eigenvalue weighted by atomic mass is 10.1. The summed E-state index contributed by atoms with van der Waals surface area (Å²) in [6, 6.07) is 5.15. The summed E-state index contributed by atoms with van der Waals surface area (Å²) in [5.41, 5.74) is 15.6. The summed E-state index contributed by atoms with van der Waals surface area (Å²) in [5.74, 6) is -0.386. The Bertz CT molecular complexity index is 947. The van der Waals surface area contributed by atoms with Crippen LogP contribution in [0.15, 0.2) is 36.8 Å². The SMILES string of the molecule is Cc1cc(N)cc2cn(C)nc12.Cc1cn2cc(N)cc(F)c2n1. The molecule has 0 amide bonds. The van der Waals surface area contributed by atoms with Crippen molar-refractivity contribution in [1.29, 1.82) is 0 Å². The molecule has 4 aromatic rings. The number of anilines is 2. The van der Waals surface area contributed by atoms with Gasteiger partial charge in [0.2, 0.25) is 0 Å². The first-order valence-corrected chi connectivity index (χ1v) is 7.43. The smallest absolute Gasteiger partial charge is 0.173 e. The minimum absolute atomic E-state index is 0.321. The third kappa shape index (κ3) is 3.01. The largest absolute Gasteiger partial charge is 0.399 e. The Kier molecular flexibility index (Phi) is 3.84. The van der Waals surface area contributed by atoms with Crippen molar-refractivity contribution in [2.45, 2.75) is 13.8 Å². The van der Waals surface area contributed by atoms with Crippen LogP contribution in [-0.2, 0) is 7.05 Å². The highest BCUT2D eigenvalue weighted by Gasteiger charge is 2.04. The van der Waals surface area contributed by atoms with E-state index in [1.165, 1.54) is 6.07 Å². The van der Waals surface area contributed by atoms with Crippen molar-refractivity contribution in [2.24, 2.45) is 7.05 Å². The summed E-state index contributed by atoms with van der Waals surface area (Å²) in [4.78, 5) is 3.99. The van der Waals surface area contributed by atoms with Gasteiger partial charge in [-0.05, 0) is 31.5 Å². The zero-order valence-electron chi connectivity index (χ0n) is 13.8. The number of pyridine rings is 1. The van der Waals surface area contributed by atoms with Gasteiger partial charge in [0.15, 0.2) is 11.5 Å². The Hall–Kier alpha value is -3.09. The van der Waals surface area contributed by atoms with Crippen molar-refractivity contribution in [3.63, 3.8) is 0 Å². The second kappa shape index (κ2) is 5.84. The molecule has 0 saturated heterocycles. The molecule has 6 nitrogen and oxygen atoms in total. The molecule has 0 aliphatic carbocycles. The summed E-state index contributed by atoms with van der Waals surface area (Å²) in [6.07, 6.45) is 5.34. The molecule has 0 saturated carbocycles. The monoisotopic (exact) mass is 326 g/mol. The fourth-order valence-corrected chi connectivity index (χ4v) is 2.66. The lowest BCUT2D eigenvalue weighted by Gasteiger charge is -1.96. The molecule has 0 atom stereocenters. The number of benzene rings is 1. The number of aryl methyl sites for hydroxylation is 3. The molecule has 0 radical (unpaired) electrons. The maximum Gasteiger partial charge on any atom is 0.173 e. The Labute approximate surface area is 138 Å². The quantitative estimate of drug-likeness (QED) is 0.486. The number of rotatable bonds is 0. The van der Waals surface area contributed by atoms with Crippen molar-refractivity contribution < 1.29 is 4.39 Å². The van der Waals surface area contributed by atoms with Gasteiger partial charge in [-0.1, -0.05) is 0 Å². The van der Waals surface area contributed by atoms with Crippen molar-refractivity contribution in [3.8, 4) is 0 Å². The van der Waals surface area contributed by atoms with Crippen molar-refractivity contribution in [3.05, 3.63) is 53.9 Å². The maximum atomic E-state index is 13.1. The van der Waals surface area contributed by atoms with Crippen LogP contribution in [0.3, 0.4) is 0 Å². The van der Waals surface area contributed by atoms with Crippen molar-refractivity contribution >= 4 is 27.9 Å². The highest BCUT2D eigenvalue weighted by Crippen LogP contribution is 2.19. The first-order valence-electron chi connectivity index (χ1n) is 7.43. The number of hydrogen-bond acceptors (Lipinski definition) is 4. The number of aromatic nitrogens is 4. The summed E-state index contributed by atoms with van der Waals surface area (Å²) in [5, 5.41) is 5.42. The van der Waals surface area contributed by atoms with Crippen LogP contribution in [0, 0.1) is 19.7 Å². The molecule has 0 aliphatic rings. The number of nitrogens with two attached hydrogens (primary N) is 2. The van der Waals surface area contributed by atoms with E-state index in [0.29, 0.717) is 11.3 Å². The van der Waals surface area contributed by atoms with Crippen LogP contribution in [0.1, 0.15) is 11.3 Å². The van der Waals surface area contributed by atoms with Gasteiger partial charge in [0.1, 0.15) is 0 Å². The zero-order chi connectivity index (χ0) is 17.4. The predicted molar refractivity (Wildman–Crippen MR) is 94.2 cm³/mol. The first kappa shape index (κ1) is 15.8. The van der Waals surface area contributed by atoms with E-state index in [2.05, 4.69) is 10.1 Å². The fourth-order valence-electron chi connectivity index (χ4n) is 2.66. The first-order chi connectivity index (χ1) is 11.3. The normalized spacial score (nSPS) is 10.8. The standard InChI is InChI=1S/C9H11N3.C8H8FN3/c1-6-3-8(10)4-7-5-12(2)11-9(6)7;1-5-3-12-4-6(10)2-7(9)8(12)11-5/h3-5H,10H2,1-2H3;2-4H,10H2,1H3. The minimum atomic E-state index is -0.386. The topological polar surface area (TPSA) is 87.2 Å². The second-order valence-corrected chi connectivity index (χ2v) is 5.81. The van der Waals surface area contributed by atoms with Crippen LogP contribution in [-0.4, -0.2) is 19.2 Å². The van der Waals surface area contributed by atoms with Crippen LogP contribution in [0.4, 0.5) is 15.8 Å². The second-order valence-electron chi connectivity index (χ2n) is 5.81. The van der Waals surface area contributed by atoms with E-state index >= 15 is 0 Å². The van der Waals surface area contributed by atoms with Crippen LogP contribution in [0.5, 0.6) is 0 Å². The third-order valence-electron chi connectivity index (χ3n) is 3.58. The Balaban J connectivity index is 0.000000141. The Morgan fingerprint density at radius 1 is 1.00 bits per heavy atom. The third-order valence-corrected chi connectivity index (χ3v) is 3.58. The number of fused-ring (bicyclic) bond motifs is 2. The molecule has 0 spiro atoms. The molecule has 124 valence electrons. The molecule has 0 fully saturated rings. The van der Waals surface area contributed by atoms with E-state index in [9.17, 15) is 4.39 Å². The summed E-state index contributed by atoms with van der Waals surface area (Å²) < 4.78 is 16.5. The molecule has 24 heavy (non-hydrogen) atoms. The van der Waals surface area contributed by atoms with Gasteiger partial charge in [0, 0.05) is 42.8 Å². The Morgan fingerprint density at radius 3 is 2.50 bits per heavy atom. The lowest BCUT2D eigenvalue weighted by Crippen LogP contribution is -1.92. The van der Waals surface area contributed by atoms with E-state index in [-0.39, 0.29) is 5.82 Å². The summed E-state index contributed by atoms with van der Waals surface area (Å²) in [6.45, 7) is 3.83. The van der Waals surface area contributed by atoms with Crippen LogP contribution in [0.25, 0.3) is 16.6 Å². The number of nitrogens with zero attached hydrogens (tertiary/aromatic N) is 4. The molecule has 3 aromatic heterocycles. The molecule has 4 N–H and O–H groups in total. The van der Waals surface area contributed by atoms with E-state index in [4.69, 9.17) is 11.5 Å². The molecular formula is C17H19FN6. The molecule has 4 rings (SSSR count). The lowest BCUT2D eigenvalue weighted by molar-refractivity contribution is 0.630. The van der Waals surface area contributed by atoms with Gasteiger partial charge < -0.3 is 15.9 Å². The summed E-state index contributed by atoms with van der Waals surface area (Å²) in [7, 11) is 1.91. The number of imidazole rings is 1. The molecule has 0 bridgehead atoms. The van der Waals surface area contributed by atoms with Gasteiger partial charge in [-0.15, -0.1) is 0 Å². The van der Waals surface area contributed by atoms with Gasteiger partial charge in [-0.25, -0.2) is 9.37 Å².